The summed E-state index contributed by atoms with van der Waals surface area (Å²) in [6.07, 6.45) is 0.530. The Kier molecular flexibility index (Phi) is 10.6. The van der Waals surface area contributed by atoms with E-state index in [4.69, 9.17) is 5.11 Å². The molecule has 39 heavy (non-hydrogen) atoms. The van der Waals surface area contributed by atoms with E-state index in [1.807, 2.05) is 5.32 Å². The number of carboxylic acids is 1. The molecule has 1 aliphatic rings. The number of rotatable bonds is 11. The SMILES string of the molecule is CC(C)[C@H](NC(=O)C(=O)O)C(=O)N1CCCC1C(=O)N[C@H](C(=O)C(F)(F)C(=O)NCc1ccccc1)C(C)C. The van der Waals surface area contributed by atoms with Gasteiger partial charge >= 0.3 is 17.8 Å². The highest BCUT2D eigenvalue weighted by atomic mass is 19.3. The van der Waals surface area contributed by atoms with E-state index in [0.29, 0.717) is 12.0 Å². The van der Waals surface area contributed by atoms with E-state index in [-0.39, 0.29) is 19.5 Å². The Labute approximate surface area is 224 Å². The van der Waals surface area contributed by atoms with Crippen molar-refractivity contribution in [2.24, 2.45) is 11.8 Å². The minimum Gasteiger partial charge on any atom is -0.474 e. The van der Waals surface area contributed by atoms with Crippen molar-refractivity contribution in [1.29, 1.82) is 0 Å². The molecule has 0 aromatic heterocycles. The average Bonchev–Trinajstić information content (AvgIpc) is 3.38. The second-order valence-electron chi connectivity index (χ2n) is 10.0. The number of nitrogens with one attached hydrogen (secondary N) is 3. The Morgan fingerprint density at radius 1 is 0.974 bits per heavy atom. The number of Topliss-reactive ketones (excluding diaryl/α,β-unsaturated/α-hetero) is 1. The predicted octanol–water partition coefficient (Wildman–Crippen LogP) is 0.864. The Bertz CT molecular complexity index is 1100. The first-order valence-electron chi connectivity index (χ1n) is 12.6. The van der Waals surface area contributed by atoms with Crippen molar-refractivity contribution in [3.8, 4) is 0 Å². The molecule has 1 unspecified atom stereocenters. The van der Waals surface area contributed by atoms with Gasteiger partial charge in [-0.25, -0.2) is 4.79 Å². The van der Waals surface area contributed by atoms with Crippen LogP contribution in [0, 0.1) is 11.8 Å². The minimum absolute atomic E-state index is 0.0986. The predicted molar refractivity (Wildman–Crippen MR) is 134 cm³/mol. The number of likely N-dealkylation sites (tertiary alicyclic amines) is 1. The van der Waals surface area contributed by atoms with Crippen LogP contribution in [-0.4, -0.2) is 76.0 Å². The molecule has 0 radical (unpaired) electrons. The topological polar surface area (TPSA) is 162 Å². The molecule has 1 aromatic rings. The fraction of sp³-hybridized carbons (Fsp3) is 0.538. The van der Waals surface area contributed by atoms with Crippen molar-refractivity contribution in [2.75, 3.05) is 6.54 Å². The summed E-state index contributed by atoms with van der Waals surface area (Å²) in [7, 11) is 0. The van der Waals surface area contributed by atoms with Crippen molar-refractivity contribution < 1.29 is 42.7 Å². The van der Waals surface area contributed by atoms with Crippen LogP contribution in [0.2, 0.25) is 0 Å². The summed E-state index contributed by atoms with van der Waals surface area (Å²) in [6, 6.07) is 4.14. The van der Waals surface area contributed by atoms with Crippen LogP contribution >= 0.6 is 0 Å². The number of amides is 4. The molecular weight excluding hydrogens is 518 g/mol. The van der Waals surface area contributed by atoms with Gasteiger partial charge in [0.05, 0.1) is 6.04 Å². The quantitative estimate of drug-likeness (QED) is 0.234. The van der Waals surface area contributed by atoms with Gasteiger partial charge in [0.1, 0.15) is 12.1 Å². The summed E-state index contributed by atoms with van der Waals surface area (Å²) in [5, 5.41) is 15.3. The zero-order chi connectivity index (χ0) is 29.5. The number of carboxylic acid groups (broad SMARTS) is 1. The summed E-state index contributed by atoms with van der Waals surface area (Å²) >= 11 is 0. The number of ketones is 1. The third-order valence-electron chi connectivity index (χ3n) is 6.39. The molecular formula is C26H34F2N4O7. The van der Waals surface area contributed by atoms with Gasteiger partial charge in [0.25, 0.3) is 5.91 Å². The van der Waals surface area contributed by atoms with Crippen LogP contribution < -0.4 is 16.0 Å². The summed E-state index contributed by atoms with van der Waals surface area (Å²) in [6.45, 7) is 5.88. The van der Waals surface area contributed by atoms with Crippen molar-refractivity contribution in [2.45, 2.75) is 71.1 Å². The molecule has 1 aliphatic heterocycles. The fourth-order valence-electron chi connectivity index (χ4n) is 4.18. The van der Waals surface area contributed by atoms with Crippen LogP contribution in [0.25, 0.3) is 0 Å². The highest BCUT2D eigenvalue weighted by molar-refractivity contribution is 6.32. The maximum absolute atomic E-state index is 14.9. The summed E-state index contributed by atoms with van der Waals surface area (Å²) < 4.78 is 29.7. The van der Waals surface area contributed by atoms with Crippen molar-refractivity contribution in [1.82, 2.24) is 20.9 Å². The lowest BCUT2D eigenvalue weighted by molar-refractivity contribution is -0.161. The van der Waals surface area contributed by atoms with Gasteiger partial charge in [-0.3, -0.25) is 24.0 Å². The summed E-state index contributed by atoms with van der Waals surface area (Å²) in [5.74, 6) is -14.1. The second-order valence-corrected chi connectivity index (χ2v) is 10.0. The largest absolute Gasteiger partial charge is 0.474 e. The van der Waals surface area contributed by atoms with Crippen molar-refractivity contribution >= 4 is 35.4 Å². The van der Waals surface area contributed by atoms with E-state index in [1.54, 1.807) is 44.2 Å². The van der Waals surface area contributed by atoms with Gasteiger partial charge in [-0.1, -0.05) is 58.0 Å². The number of hydrogen-bond donors (Lipinski definition) is 4. The van der Waals surface area contributed by atoms with Gasteiger partial charge in [0.2, 0.25) is 17.6 Å². The Hall–Kier alpha value is -3.90. The molecule has 1 fully saturated rings. The third kappa shape index (κ3) is 7.80. The van der Waals surface area contributed by atoms with Gasteiger partial charge in [-0.05, 0) is 30.2 Å². The Morgan fingerprint density at radius 2 is 1.56 bits per heavy atom. The molecule has 3 atom stereocenters. The normalized spacial score (nSPS) is 16.9. The van der Waals surface area contributed by atoms with E-state index in [2.05, 4.69) is 10.6 Å². The van der Waals surface area contributed by atoms with E-state index in [0.717, 1.165) is 4.90 Å². The van der Waals surface area contributed by atoms with Crippen LogP contribution in [0.3, 0.4) is 0 Å². The highest BCUT2D eigenvalue weighted by Gasteiger charge is 2.51. The molecule has 4 amide bonds. The summed E-state index contributed by atoms with van der Waals surface area (Å²) in [5.41, 5.74) is 0.549. The van der Waals surface area contributed by atoms with E-state index in [1.165, 1.54) is 13.8 Å². The smallest absolute Gasteiger partial charge is 0.394 e. The minimum atomic E-state index is -4.44. The molecule has 13 heteroatoms. The molecule has 4 N–H and O–H groups in total. The molecule has 1 heterocycles. The maximum Gasteiger partial charge on any atom is 0.394 e. The van der Waals surface area contributed by atoms with Gasteiger partial charge < -0.3 is 26.0 Å². The number of carbonyl (C=O) groups excluding carboxylic acids is 5. The molecule has 1 saturated heterocycles. The lowest BCUT2D eigenvalue weighted by atomic mass is 9.94. The third-order valence-corrected chi connectivity index (χ3v) is 6.39. The van der Waals surface area contributed by atoms with Gasteiger partial charge in [-0.2, -0.15) is 8.78 Å². The van der Waals surface area contributed by atoms with Crippen LogP contribution in [0.4, 0.5) is 8.78 Å². The molecule has 2 rings (SSSR count). The second kappa shape index (κ2) is 13.3. The fourth-order valence-corrected chi connectivity index (χ4v) is 4.18. The molecule has 0 spiro atoms. The summed E-state index contributed by atoms with van der Waals surface area (Å²) in [4.78, 5) is 75.1. The molecule has 0 bridgehead atoms. The van der Waals surface area contributed by atoms with Crippen molar-refractivity contribution in [3.63, 3.8) is 0 Å². The number of benzene rings is 1. The zero-order valence-electron chi connectivity index (χ0n) is 22.2. The van der Waals surface area contributed by atoms with Crippen LogP contribution in [0.1, 0.15) is 46.1 Å². The van der Waals surface area contributed by atoms with Crippen LogP contribution in [0.5, 0.6) is 0 Å². The number of alkyl halides is 2. The first kappa shape index (κ1) is 31.3. The zero-order valence-corrected chi connectivity index (χ0v) is 22.2. The monoisotopic (exact) mass is 552 g/mol. The van der Waals surface area contributed by atoms with E-state index >= 15 is 0 Å². The van der Waals surface area contributed by atoms with Crippen LogP contribution in [0.15, 0.2) is 30.3 Å². The number of nitrogens with zero attached hydrogens (tertiary/aromatic N) is 1. The lowest BCUT2D eigenvalue weighted by Crippen LogP contribution is -2.60. The number of aliphatic carboxylic acids is 1. The van der Waals surface area contributed by atoms with Gasteiger partial charge in [0, 0.05) is 13.1 Å². The Balaban J connectivity index is 2.15. The number of hydrogen-bond acceptors (Lipinski definition) is 6. The first-order valence-corrected chi connectivity index (χ1v) is 12.6. The van der Waals surface area contributed by atoms with Gasteiger partial charge in [-0.15, -0.1) is 0 Å². The van der Waals surface area contributed by atoms with Crippen LogP contribution in [-0.2, 0) is 35.3 Å². The first-order chi connectivity index (χ1) is 18.2. The Morgan fingerprint density at radius 3 is 2.10 bits per heavy atom. The highest BCUT2D eigenvalue weighted by Crippen LogP contribution is 2.24. The number of halogens is 2. The molecule has 11 nitrogen and oxygen atoms in total. The van der Waals surface area contributed by atoms with Gasteiger partial charge in [0.15, 0.2) is 0 Å². The van der Waals surface area contributed by atoms with E-state index < -0.39 is 71.3 Å². The van der Waals surface area contributed by atoms with Crippen molar-refractivity contribution in [3.05, 3.63) is 35.9 Å². The maximum atomic E-state index is 14.9. The molecule has 214 valence electrons. The van der Waals surface area contributed by atoms with E-state index in [9.17, 15) is 37.5 Å². The standard InChI is InChI=1S/C26H34F2N4O7/c1-14(2)18(20(33)26(27,28)25(39)29-13-16-9-6-5-7-10-16)30-21(34)17-11-8-12-32(17)23(36)19(15(3)4)31-22(35)24(37)38/h5-7,9-10,14-15,17-19H,8,11-13H2,1-4H3,(H,29,39)(H,30,34)(H,31,35)(H,37,38)/t17?,18-,19-/m0/s1. The number of carbonyl (C=O) groups is 6. The average molecular weight is 553 g/mol. The molecule has 0 saturated carbocycles. The lowest BCUT2D eigenvalue weighted by Gasteiger charge is -2.32. The molecule has 0 aliphatic carbocycles. The molecule has 1 aromatic carbocycles.